The first-order valence-corrected chi connectivity index (χ1v) is 8.14. The average Bonchev–Trinajstić information content (AvgIpc) is 2.47. The number of fused-ring (bicyclic) bond motifs is 1. The highest BCUT2D eigenvalue weighted by atomic mass is 79.9. The highest BCUT2D eigenvalue weighted by molar-refractivity contribution is 9.10. The largest absolute Gasteiger partial charge is 0.398 e. The molecule has 1 aliphatic rings. The number of aromatic nitrogens is 1. The zero-order valence-electron chi connectivity index (χ0n) is 12.5. The summed E-state index contributed by atoms with van der Waals surface area (Å²) in [5, 5.41) is 5.81. The van der Waals surface area contributed by atoms with E-state index in [1.807, 2.05) is 12.3 Å². The molecule has 21 heavy (non-hydrogen) atoms. The molecule has 1 aliphatic heterocycles. The fourth-order valence-electron chi connectivity index (χ4n) is 2.99. The van der Waals surface area contributed by atoms with Gasteiger partial charge in [-0.2, -0.15) is 0 Å². The first kappa shape index (κ1) is 14.6. The Bertz CT molecular complexity index is 655. The van der Waals surface area contributed by atoms with Crippen molar-refractivity contribution in [3.05, 3.63) is 28.4 Å². The predicted octanol–water partition coefficient (Wildman–Crippen LogP) is 3.39. The number of rotatable bonds is 2. The van der Waals surface area contributed by atoms with Crippen LogP contribution in [-0.2, 0) is 0 Å². The number of nitrogens with two attached hydrogens (primary N) is 1. The van der Waals surface area contributed by atoms with Gasteiger partial charge < -0.3 is 16.0 Å². The Morgan fingerprint density at radius 3 is 2.71 bits per heavy atom. The van der Waals surface area contributed by atoms with Gasteiger partial charge in [-0.25, -0.2) is 4.98 Å². The summed E-state index contributed by atoms with van der Waals surface area (Å²) in [6, 6.07) is 4.51. The van der Waals surface area contributed by atoms with Gasteiger partial charge in [-0.05, 0) is 67.5 Å². The van der Waals surface area contributed by atoms with Gasteiger partial charge in [0.25, 0.3) is 0 Å². The zero-order valence-corrected chi connectivity index (χ0v) is 14.1. The lowest BCUT2D eigenvalue weighted by atomic mass is 10.0. The SMILES string of the molecule is Cc1ccc(N)c2c(Br)cnc(NC3CCN(C)CC3)c12. The Balaban J connectivity index is 1.99. The molecule has 0 radical (unpaired) electrons. The van der Waals surface area contributed by atoms with Crippen molar-refractivity contribution in [3.63, 3.8) is 0 Å². The van der Waals surface area contributed by atoms with Crippen LogP contribution in [0.3, 0.4) is 0 Å². The number of hydrogen-bond acceptors (Lipinski definition) is 4. The third-order valence-corrected chi connectivity index (χ3v) is 4.89. The van der Waals surface area contributed by atoms with Crippen LogP contribution < -0.4 is 11.1 Å². The summed E-state index contributed by atoms with van der Waals surface area (Å²) in [5.41, 5.74) is 8.14. The Morgan fingerprint density at radius 1 is 1.29 bits per heavy atom. The lowest BCUT2D eigenvalue weighted by molar-refractivity contribution is 0.264. The van der Waals surface area contributed by atoms with Crippen molar-refractivity contribution >= 4 is 38.2 Å². The van der Waals surface area contributed by atoms with Crippen LogP contribution in [0.4, 0.5) is 11.5 Å². The van der Waals surface area contributed by atoms with E-state index in [0.29, 0.717) is 6.04 Å². The molecule has 0 unspecified atom stereocenters. The second-order valence-electron chi connectivity index (χ2n) is 5.90. The smallest absolute Gasteiger partial charge is 0.134 e. The number of pyridine rings is 1. The van der Waals surface area contributed by atoms with Crippen molar-refractivity contribution in [1.29, 1.82) is 0 Å². The molecular weight excluding hydrogens is 328 g/mol. The van der Waals surface area contributed by atoms with Gasteiger partial charge in [0.2, 0.25) is 0 Å². The van der Waals surface area contributed by atoms with E-state index in [4.69, 9.17) is 5.73 Å². The lowest BCUT2D eigenvalue weighted by Crippen LogP contribution is -2.36. The maximum absolute atomic E-state index is 6.15. The van der Waals surface area contributed by atoms with Gasteiger partial charge in [-0.15, -0.1) is 0 Å². The number of nitrogen functional groups attached to an aromatic ring is 1. The van der Waals surface area contributed by atoms with Crippen LogP contribution in [0.5, 0.6) is 0 Å². The van der Waals surface area contributed by atoms with Crippen molar-refractivity contribution in [1.82, 2.24) is 9.88 Å². The topological polar surface area (TPSA) is 54.2 Å². The second-order valence-corrected chi connectivity index (χ2v) is 6.75. The van der Waals surface area contributed by atoms with E-state index in [-0.39, 0.29) is 0 Å². The summed E-state index contributed by atoms with van der Waals surface area (Å²) in [7, 11) is 2.17. The molecule has 0 bridgehead atoms. The number of anilines is 2. The van der Waals surface area contributed by atoms with Crippen molar-refractivity contribution in [2.45, 2.75) is 25.8 Å². The third-order valence-electron chi connectivity index (χ3n) is 4.29. The summed E-state index contributed by atoms with van der Waals surface area (Å²) in [6.45, 7) is 4.37. The number of nitrogens with one attached hydrogen (secondary N) is 1. The molecule has 112 valence electrons. The molecule has 1 saturated heterocycles. The van der Waals surface area contributed by atoms with E-state index >= 15 is 0 Å². The van der Waals surface area contributed by atoms with E-state index < -0.39 is 0 Å². The van der Waals surface area contributed by atoms with Gasteiger partial charge in [0.05, 0.1) is 0 Å². The second kappa shape index (κ2) is 5.81. The summed E-state index contributed by atoms with van der Waals surface area (Å²) >= 11 is 3.57. The lowest BCUT2D eigenvalue weighted by Gasteiger charge is -2.30. The van der Waals surface area contributed by atoms with Gasteiger partial charge in [-0.3, -0.25) is 0 Å². The van der Waals surface area contributed by atoms with Crippen molar-refractivity contribution in [3.8, 4) is 0 Å². The van der Waals surface area contributed by atoms with Crippen LogP contribution in [0, 0.1) is 6.92 Å². The van der Waals surface area contributed by atoms with Crippen LogP contribution in [0.25, 0.3) is 10.8 Å². The zero-order chi connectivity index (χ0) is 15.0. The Hall–Kier alpha value is -1.33. The van der Waals surface area contributed by atoms with Crippen molar-refractivity contribution < 1.29 is 0 Å². The van der Waals surface area contributed by atoms with Crippen LogP contribution in [0.2, 0.25) is 0 Å². The number of likely N-dealkylation sites (tertiary alicyclic amines) is 1. The first-order valence-electron chi connectivity index (χ1n) is 7.34. The first-order chi connectivity index (χ1) is 10.1. The molecule has 2 aromatic rings. The molecular formula is C16H21BrN4. The monoisotopic (exact) mass is 348 g/mol. The molecule has 0 amide bonds. The molecule has 4 nitrogen and oxygen atoms in total. The Morgan fingerprint density at radius 2 is 2.00 bits per heavy atom. The minimum Gasteiger partial charge on any atom is -0.398 e. The molecule has 3 N–H and O–H groups in total. The average molecular weight is 349 g/mol. The number of hydrogen-bond donors (Lipinski definition) is 2. The van der Waals surface area contributed by atoms with Gasteiger partial charge >= 0.3 is 0 Å². The Kier molecular flexibility index (Phi) is 4.04. The summed E-state index contributed by atoms with van der Waals surface area (Å²) in [5.74, 6) is 0.951. The molecule has 0 spiro atoms. The van der Waals surface area contributed by atoms with Gasteiger partial charge in [0.15, 0.2) is 0 Å². The highest BCUT2D eigenvalue weighted by Crippen LogP contribution is 2.35. The maximum Gasteiger partial charge on any atom is 0.134 e. The molecule has 0 aliphatic carbocycles. The fourth-order valence-corrected chi connectivity index (χ4v) is 3.52. The van der Waals surface area contributed by atoms with E-state index in [2.05, 4.69) is 51.2 Å². The Labute approximate surface area is 133 Å². The van der Waals surface area contributed by atoms with Crippen LogP contribution in [0.15, 0.2) is 22.8 Å². The number of nitrogens with zero attached hydrogens (tertiary/aromatic N) is 2. The standard InChI is InChI=1S/C16H21BrN4/c1-10-3-4-13(18)15-12(17)9-19-16(14(10)15)20-11-5-7-21(2)8-6-11/h3-4,9,11H,5-8,18H2,1-2H3,(H,19,20). The molecule has 2 heterocycles. The maximum atomic E-state index is 6.15. The van der Waals surface area contributed by atoms with Crippen molar-refractivity contribution in [2.24, 2.45) is 0 Å². The minimum atomic E-state index is 0.485. The summed E-state index contributed by atoms with van der Waals surface area (Å²) < 4.78 is 0.952. The number of piperidine rings is 1. The van der Waals surface area contributed by atoms with Crippen LogP contribution in [0.1, 0.15) is 18.4 Å². The minimum absolute atomic E-state index is 0.485. The molecule has 3 rings (SSSR count). The highest BCUT2D eigenvalue weighted by Gasteiger charge is 2.19. The van der Waals surface area contributed by atoms with Gasteiger partial charge in [0.1, 0.15) is 5.82 Å². The third kappa shape index (κ3) is 2.85. The van der Waals surface area contributed by atoms with E-state index in [1.54, 1.807) is 0 Å². The van der Waals surface area contributed by atoms with Crippen molar-refractivity contribution in [2.75, 3.05) is 31.2 Å². The fraction of sp³-hybridized carbons (Fsp3) is 0.438. The molecule has 1 aromatic heterocycles. The van der Waals surface area contributed by atoms with Crippen LogP contribution in [-0.4, -0.2) is 36.1 Å². The molecule has 0 atom stereocenters. The van der Waals surface area contributed by atoms with E-state index in [0.717, 1.165) is 52.7 Å². The van der Waals surface area contributed by atoms with Gasteiger partial charge in [0, 0.05) is 33.2 Å². The molecule has 1 fully saturated rings. The summed E-state index contributed by atoms with van der Waals surface area (Å²) in [4.78, 5) is 6.96. The number of halogens is 1. The number of benzene rings is 1. The quantitative estimate of drug-likeness (QED) is 0.816. The van der Waals surface area contributed by atoms with E-state index in [1.165, 1.54) is 5.56 Å². The summed E-state index contributed by atoms with van der Waals surface area (Å²) in [6.07, 6.45) is 4.14. The molecule has 1 aromatic carbocycles. The number of aryl methyl sites for hydroxylation is 1. The molecule has 0 saturated carbocycles. The molecule has 5 heteroatoms. The normalized spacial score (nSPS) is 17.3. The van der Waals surface area contributed by atoms with Crippen LogP contribution >= 0.6 is 15.9 Å². The van der Waals surface area contributed by atoms with Gasteiger partial charge in [-0.1, -0.05) is 6.07 Å². The van der Waals surface area contributed by atoms with E-state index in [9.17, 15) is 0 Å². The predicted molar refractivity (Wildman–Crippen MR) is 92.7 cm³/mol.